The first kappa shape index (κ1) is 22.3. The molecule has 1 aromatic heterocycles. The second-order valence-corrected chi connectivity index (χ2v) is 8.89. The van der Waals surface area contributed by atoms with Gasteiger partial charge in [0.1, 0.15) is 0 Å². The number of rotatable bonds is 7. The number of anilines is 1. The van der Waals surface area contributed by atoms with Crippen molar-refractivity contribution in [2.24, 2.45) is 0 Å². The van der Waals surface area contributed by atoms with Crippen LogP contribution in [0.1, 0.15) is 16.7 Å². The van der Waals surface area contributed by atoms with Gasteiger partial charge in [-0.2, -0.15) is 0 Å². The highest BCUT2D eigenvalue weighted by atomic mass is 32.2. The lowest BCUT2D eigenvalue weighted by molar-refractivity contribution is 0.106. The van der Waals surface area contributed by atoms with Crippen LogP contribution in [-0.4, -0.2) is 51.7 Å². The van der Waals surface area contributed by atoms with Crippen molar-refractivity contribution in [2.75, 3.05) is 25.0 Å². The Morgan fingerprint density at radius 3 is 2.72 bits per heavy atom. The Hall–Kier alpha value is -2.94. The zero-order chi connectivity index (χ0) is 22.3. The number of carbonyl (C=O) groups excluding carboxylic acids is 1. The molecule has 3 aromatic rings. The summed E-state index contributed by atoms with van der Waals surface area (Å²) in [5.41, 5.74) is 4.36. The van der Waals surface area contributed by atoms with Gasteiger partial charge in [-0.1, -0.05) is 24.3 Å². The van der Waals surface area contributed by atoms with Crippen LogP contribution >= 0.6 is 11.8 Å². The highest BCUT2D eigenvalue weighted by molar-refractivity contribution is 7.99. The first-order chi connectivity index (χ1) is 15.6. The van der Waals surface area contributed by atoms with Gasteiger partial charge in [0.25, 0.3) is 0 Å². The number of β-amino-alcohol motifs (C(OH)–C–C–N with tert-alkyl or cyclic N) is 1. The highest BCUT2D eigenvalue weighted by Gasteiger charge is 2.18. The number of aryl methyl sites for hydroxylation is 1. The van der Waals surface area contributed by atoms with E-state index in [0.717, 1.165) is 35.7 Å². The maximum atomic E-state index is 12.3. The normalized spacial score (nSPS) is 14.4. The smallest absolute Gasteiger partial charge is 0.319 e. The molecule has 0 saturated heterocycles. The Morgan fingerprint density at radius 2 is 1.94 bits per heavy atom. The van der Waals surface area contributed by atoms with Crippen molar-refractivity contribution in [1.29, 1.82) is 0 Å². The van der Waals surface area contributed by atoms with Gasteiger partial charge in [-0.15, -0.1) is 0 Å². The van der Waals surface area contributed by atoms with E-state index >= 15 is 0 Å². The van der Waals surface area contributed by atoms with Crippen LogP contribution in [0.3, 0.4) is 0 Å². The molecular formula is C24H27N5O2S. The molecule has 1 aliphatic rings. The molecule has 1 atom stereocenters. The molecule has 2 amide bonds. The van der Waals surface area contributed by atoms with Gasteiger partial charge in [0.2, 0.25) is 0 Å². The number of aliphatic hydroxyl groups is 1. The standard InChI is InChI=1S/C24H27N5O2S/c1-17-13-21(32-24-25-10-4-11-26-24)7-8-22(17)28-23(31)27-14-20(30)16-29-12-9-18-5-2-3-6-19(18)15-29/h2-8,10-11,13,20,30H,9,12,14-16H2,1H3,(H2,27,28,31). The number of aliphatic hydroxyl groups excluding tert-OH is 1. The van der Waals surface area contributed by atoms with E-state index in [-0.39, 0.29) is 12.6 Å². The van der Waals surface area contributed by atoms with Gasteiger partial charge in [0.15, 0.2) is 5.16 Å². The summed E-state index contributed by atoms with van der Waals surface area (Å²) < 4.78 is 0. The first-order valence-corrected chi connectivity index (χ1v) is 11.5. The molecule has 8 heteroatoms. The Labute approximate surface area is 192 Å². The maximum absolute atomic E-state index is 12.3. The molecule has 1 aliphatic heterocycles. The summed E-state index contributed by atoms with van der Waals surface area (Å²) in [5.74, 6) is 0. The number of nitrogens with one attached hydrogen (secondary N) is 2. The number of hydrogen-bond acceptors (Lipinski definition) is 6. The summed E-state index contributed by atoms with van der Waals surface area (Å²) in [6.45, 7) is 4.41. The molecule has 1 unspecified atom stereocenters. The second kappa shape index (κ2) is 10.6. The Bertz CT molecular complexity index is 1060. The van der Waals surface area contributed by atoms with Gasteiger partial charge in [0.05, 0.1) is 6.10 Å². The number of urea groups is 1. The summed E-state index contributed by atoms with van der Waals surface area (Å²) in [5, 5.41) is 16.7. The molecule has 4 rings (SSSR count). The average Bonchev–Trinajstić information content (AvgIpc) is 2.80. The first-order valence-electron chi connectivity index (χ1n) is 10.6. The summed E-state index contributed by atoms with van der Waals surface area (Å²) in [6, 6.07) is 15.6. The second-order valence-electron chi connectivity index (χ2n) is 7.85. The summed E-state index contributed by atoms with van der Waals surface area (Å²) in [6.07, 6.45) is 3.78. The van der Waals surface area contributed by atoms with Crippen molar-refractivity contribution in [3.63, 3.8) is 0 Å². The summed E-state index contributed by atoms with van der Waals surface area (Å²) in [7, 11) is 0. The van der Waals surface area contributed by atoms with Crippen LogP contribution in [0.15, 0.2) is 71.0 Å². The van der Waals surface area contributed by atoms with Gasteiger partial charge in [0, 0.05) is 49.2 Å². The Balaban J connectivity index is 1.23. The fourth-order valence-corrected chi connectivity index (χ4v) is 4.54. The largest absolute Gasteiger partial charge is 0.390 e. The van der Waals surface area contributed by atoms with E-state index < -0.39 is 6.10 Å². The third kappa shape index (κ3) is 6.06. The van der Waals surface area contributed by atoms with Gasteiger partial charge in [-0.3, -0.25) is 4.90 Å². The van der Waals surface area contributed by atoms with Crippen LogP contribution in [0.4, 0.5) is 10.5 Å². The van der Waals surface area contributed by atoms with E-state index in [1.165, 1.54) is 22.9 Å². The highest BCUT2D eigenvalue weighted by Crippen LogP contribution is 2.27. The van der Waals surface area contributed by atoms with E-state index in [9.17, 15) is 9.90 Å². The van der Waals surface area contributed by atoms with E-state index in [0.29, 0.717) is 11.7 Å². The zero-order valence-electron chi connectivity index (χ0n) is 18.0. The molecular weight excluding hydrogens is 422 g/mol. The van der Waals surface area contributed by atoms with E-state index in [1.54, 1.807) is 18.5 Å². The van der Waals surface area contributed by atoms with Gasteiger partial charge in [-0.05, 0) is 66.1 Å². The number of nitrogens with zero attached hydrogens (tertiary/aromatic N) is 3. The quantitative estimate of drug-likeness (QED) is 0.479. The fraction of sp³-hybridized carbons (Fsp3) is 0.292. The minimum Gasteiger partial charge on any atom is -0.390 e. The summed E-state index contributed by atoms with van der Waals surface area (Å²) in [4.78, 5) is 24.0. The van der Waals surface area contributed by atoms with Crippen LogP contribution in [0, 0.1) is 6.92 Å². The Kier molecular flexibility index (Phi) is 7.36. The minimum atomic E-state index is -0.628. The predicted octanol–water partition coefficient (Wildman–Crippen LogP) is 3.48. The molecule has 0 aliphatic carbocycles. The molecule has 2 aromatic carbocycles. The minimum absolute atomic E-state index is 0.197. The van der Waals surface area contributed by atoms with Crippen molar-refractivity contribution < 1.29 is 9.90 Å². The number of fused-ring (bicyclic) bond motifs is 1. The maximum Gasteiger partial charge on any atom is 0.319 e. The molecule has 32 heavy (non-hydrogen) atoms. The third-order valence-electron chi connectivity index (χ3n) is 5.37. The monoisotopic (exact) mass is 449 g/mol. The summed E-state index contributed by atoms with van der Waals surface area (Å²) >= 11 is 1.47. The van der Waals surface area contributed by atoms with E-state index in [4.69, 9.17) is 0 Å². The van der Waals surface area contributed by atoms with Crippen molar-refractivity contribution in [3.05, 3.63) is 77.6 Å². The van der Waals surface area contributed by atoms with Crippen LogP contribution in [-0.2, 0) is 13.0 Å². The third-order valence-corrected chi connectivity index (χ3v) is 6.26. The van der Waals surface area contributed by atoms with E-state index in [2.05, 4.69) is 43.7 Å². The van der Waals surface area contributed by atoms with Crippen molar-refractivity contribution >= 4 is 23.5 Å². The number of benzene rings is 2. The number of amides is 2. The van der Waals surface area contributed by atoms with Gasteiger partial charge >= 0.3 is 6.03 Å². The zero-order valence-corrected chi connectivity index (χ0v) is 18.8. The van der Waals surface area contributed by atoms with Crippen molar-refractivity contribution in [3.8, 4) is 0 Å². The predicted molar refractivity (Wildman–Crippen MR) is 126 cm³/mol. The molecule has 3 N–H and O–H groups in total. The molecule has 0 spiro atoms. The molecule has 7 nitrogen and oxygen atoms in total. The fourth-order valence-electron chi connectivity index (χ4n) is 3.73. The number of aromatic nitrogens is 2. The van der Waals surface area contributed by atoms with Crippen molar-refractivity contribution in [2.45, 2.75) is 36.0 Å². The lowest BCUT2D eigenvalue weighted by Gasteiger charge is -2.30. The Morgan fingerprint density at radius 1 is 1.16 bits per heavy atom. The lowest BCUT2D eigenvalue weighted by atomic mass is 10.00. The van der Waals surface area contributed by atoms with Crippen LogP contribution < -0.4 is 10.6 Å². The van der Waals surface area contributed by atoms with Crippen LogP contribution in [0.2, 0.25) is 0 Å². The molecule has 0 fully saturated rings. The van der Waals surface area contributed by atoms with Crippen LogP contribution in [0.25, 0.3) is 0 Å². The van der Waals surface area contributed by atoms with Gasteiger partial charge < -0.3 is 15.7 Å². The molecule has 0 radical (unpaired) electrons. The topological polar surface area (TPSA) is 90.4 Å². The molecule has 166 valence electrons. The average molecular weight is 450 g/mol. The van der Waals surface area contributed by atoms with Crippen molar-refractivity contribution in [1.82, 2.24) is 20.2 Å². The number of hydrogen-bond donors (Lipinski definition) is 3. The molecule has 0 saturated carbocycles. The molecule has 2 heterocycles. The molecule has 0 bridgehead atoms. The number of carbonyl (C=O) groups is 1. The SMILES string of the molecule is Cc1cc(Sc2ncccn2)ccc1NC(=O)NCC(O)CN1CCc2ccccc2C1. The van der Waals surface area contributed by atoms with Gasteiger partial charge in [-0.25, -0.2) is 14.8 Å². The van der Waals surface area contributed by atoms with Crippen LogP contribution in [0.5, 0.6) is 0 Å². The van der Waals surface area contributed by atoms with E-state index in [1.807, 2.05) is 31.2 Å². The lowest BCUT2D eigenvalue weighted by Crippen LogP contribution is -2.43.